The Morgan fingerprint density at radius 3 is 2.25 bits per heavy atom. The van der Waals surface area contributed by atoms with E-state index >= 15 is 0 Å². The molecule has 0 radical (unpaired) electrons. The molecule has 42 valence electrons. The molecule has 0 aliphatic carbocycles. The van der Waals surface area contributed by atoms with Crippen molar-refractivity contribution in [2.75, 3.05) is 5.88 Å². The van der Waals surface area contributed by atoms with Gasteiger partial charge in [-0.05, 0) is 0 Å². The van der Waals surface area contributed by atoms with Gasteiger partial charge in [0.2, 0.25) is 0 Å². The van der Waals surface area contributed by atoms with Gasteiger partial charge in [0.25, 0.3) is 0 Å². The van der Waals surface area contributed by atoms with Crippen LogP contribution in [0.2, 0.25) is 0 Å². The van der Waals surface area contributed by atoms with Gasteiger partial charge in [-0.15, -0.1) is 11.6 Å². The minimum absolute atomic E-state index is 0. The third-order valence-electron chi connectivity index (χ3n) is 0.469. The van der Waals surface area contributed by atoms with Gasteiger partial charge in [-0.25, -0.2) is 0 Å². The Bertz CT molecular complexity index is 79.7. The number of nitrogens with two attached hydrogens (primary N) is 1. The number of hydrogen-bond donors (Lipinski definition) is 1. The normalized spacial score (nSPS) is 11.8. The van der Waals surface area contributed by atoms with Crippen molar-refractivity contribution in [2.45, 2.75) is 6.04 Å². The number of rotatable bonds is 2. The average Bonchev–Trinajstić information content (AvgIpc) is 1.65. The Kier molecular flexibility index (Phi) is 8.41. The summed E-state index contributed by atoms with van der Waals surface area (Å²) in [7, 11) is 0. The summed E-state index contributed by atoms with van der Waals surface area (Å²) in [5.74, 6) is -1.41. The quantitative estimate of drug-likeness (QED) is 0.314. The Morgan fingerprint density at radius 1 is 1.88 bits per heavy atom. The Morgan fingerprint density at radius 2 is 2.25 bits per heavy atom. The Labute approximate surface area is 74.5 Å². The van der Waals surface area contributed by atoms with Crippen molar-refractivity contribution in [3.05, 3.63) is 0 Å². The number of carboxylic acid groups (broad SMARTS) is 1. The summed E-state index contributed by atoms with van der Waals surface area (Å²) in [5.41, 5.74) is 4.82. The minimum Gasteiger partial charge on any atom is -0.548 e. The molecule has 0 spiro atoms. The van der Waals surface area contributed by atoms with Gasteiger partial charge in [-0.1, -0.05) is 0 Å². The maximum absolute atomic E-state index is 9.61. The third-order valence-corrected chi connectivity index (χ3v) is 0.801. The molecule has 0 heterocycles. The molecule has 0 unspecified atom stereocenters. The molecule has 0 aromatic rings. The van der Waals surface area contributed by atoms with Crippen molar-refractivity contribution >= 4 is 17.6 Å². The predicted molar refractivity (Wildman–Crippen MR) is 23.7 cm³/mol. The second kappa shape index (κ2) is 5.85. The monoisotopic (exact) mass is 145 g/mol. The second-order valence-corrected chi connectivity index (χ2v) is 1.39. The molecule has 0 aliphatic rings. The SMILES string of the molecule is N[C@@H](CCl)C(=O)[O-].[Na+]. The fourth-order valence-electron chi connectivity index (χ4n) is 0.0630. The van der Waals surface area contributed by atoms with Gasteiger partial charge in [0.1, 0.15) is 0 Å². The molecule has 0 aromatic carbocycles. The van der Waals surface area contributed by atoms with Crippen LogP contribution in [0.15, 0.2) is 0 Å². The molecule has 8 heavy (non-hydrogen) atoms. The number of aliphatic carboxylic acids is 1. The van der Waals surface area contributed by atoms with Crippen molar-refractivity contribution in [1.82, 2.24) is 0 Å². The van der Waals surface area contributed by atoms with Crippen LogP contribution in [0.4, 0.5) is 0 Å². The molecule has 0 bridgehead atoms. The van der Waals surface area contributed by atoms with E-state index < -0.39 is 12.0 Å². The molecule has 0 aromatic heterocycles. The second-order valence-electron chi connectivity index (χ2n) is 1.08. The van der Waals surface area contributed by atoms with Crippen molar-refractivity contribution in [3.8, 4) is 0 Å². The largest absolute Gasteiger partial charge is 1.00 e. The van der Waals surface area contributed by atoms with E-state index in [4.69, 9.17) is 17.3 Å². The maximum Gasteiger partial charge on any atom is 1.00 e. The van der Waals surface area contributed by atoms with Crippen LogP contribution in [-0.2, 0) is 4.79 Å². The molecule has 0 saturated carbocycles. The summed E-state index contributed by atoms with van der Waals surface area (Å²) in [5, 5.41) is 9.61. The number of carbonyl (C=O) groups is 1. The first kappa shape index (κ1) is 11.5. The van der Waals surface area contributed by atoms with Gasteiger partial charge in [0.05, 0.1) is 12.0 Å². The standard InChI is InChI=1S/C3H6ClNO2.Na/c4-1-2(5)3(6)7;/h2H,1,5H2,(H,6,7);/q;+1/p-1/t2-;/m0./s1. The molecule has 0 saturated heterocycles. The van der Waals surface area contributed by atoms with Crippen LogP contribution in [0.5, 0.6) is 0 Å². The van der Waals surface area contributed by atoms with Gasteiger partial charge in [-0.2, -0.15) is 0 Å². The molecule has 3 nitrogen and oxygen atoms in total. The summed E-state index contributed by atoms with van der Waals surface area (Å²) in [6.07, 6.45) is 0. The van der Waals surface area contributed by atoms with Crippen molar-refractivity contribution in [2.24, 2.45) is 5.73 Å². The summed E-state index contributed by atoms with van der Waals surface area (Å²) < 4.78 is 0. The zero-order chi connectivity index (χ0) is 5.86. The summed E-state index contributed by atoms with van der Waals surface area (Å²) >= 11 is 5.00. The summed E-state index contributed by atoms with van der Waals surface area (Å²) in [6.45, 7) is 0. The molecular weight excluding hydrogens is 140 g/mol. The number of hydrogen-bond acceptors (Lipinski definition) is 3. The zero-order valence-electron chi connectivity index (χ0n) is 4.56. The fourth-order valence-corrected chi connectivity index (χ4v) is 0.189. The first-order chi connectivity index (χ1) is 3.18. The topological polar surface area (TPSA) is 66.2 Å². The van der Waals surface area contributed by atoms with Crippen LogP contribution >= 0.6 is 11.6 Å². The van der Waals surface area contributed by atoms with E-state index in [1.165, 1.54) is 0 Å². The smallest absolute Gasteiger partial charge is 0.548 e. The molecule has 5 heteroatoms. The maximum atomic E-state index is 9.61. The molecule has 1 atom stereocenters. The van der Waals surface area contributed by atoms with Crippen molar-refractivity contribution < 1.29 is 39.5 Å². The average molecular weight is 146 g/mol. The van der Waals surface area contributed by atoms with E-state index in [0.29, 0.717) is 0 Å². The van der Waals surface area contributed by atoms with E-state index in [0.717, 1.165) is 0 Å². The molecule has 2 N–H and O–H groups in total. The zero-order valence-corrected chi connectivity index (χ0v) is 7.31. The van der Waals surface area contributed by atoms with E-state index in [1.54, 1.807) is 0 Å². The van der Waals surface area contributed by atoms with Crippen LogP contribution < -0.4 is 40.4 Å². The van der Waals surface area contributed by atoms with Crippen molar-refractivity contribution in [1.29, 1.82) is 0 Å². The Hall–Kier alpha value is 0.720. The van der Waals surface area contributed by atoms with Gasteiger partial charge in [0, 0.05) is 5.88 Å². The van der Waals surface area contributed by atoms with Gasteiger partial charge < -0.3 is 15.6 Å². The van der Waals surface area contributed by atoms with E-state index in [1.807, 2.05) is 0 Å². The van der Waals surface area contributed by atoms with Crippen molar-refractivity contribution in [3.63, 3.8) is 0 Å². The Balaban J connectivity index is 0. The van der Waals surface area contributed by atoms with Crippen LogP contribution in [0.25, 0.3) is 0 Å². The van der Waals surface area contributed by atoms with Gasteiger partial charge in [0.15, 0.2) is 0 Å². The molecule has 0 fully saturated rings. The predicted octanol–water partition coefficient (Wildman–Crippen LogP) is -4.69. The first-order valence-corrected chi connectivity index (χ1v) is 2.24. The van der Waals surface area contributed by atoms with Crippen LogP contribution in [0.3, 0.4) is 0 Å². The first-order valence-electron chi connectivity index (χ1n) is 1.71. The van der Waals surface area contributed by atoms with Crippen LogP contribution in [-0.4, -0.2) is 17.9 Å². The molecular formula is C3H5ClNNaO2. The number of carboxylic acids is 1. The van der Waals surface area contributed by atoms with E-state index in [-0.39, 0.29) is 35.4 Å². The molecule has 0 amide bonds. The summed E-state index contributed by atoms with van der Waals surface area (Å²) in [4.78, 5) is 9.61. The van der Waals surface area contributed by atoms with E-state index in [2.05, 4.69) is 0 Å². The van der Waals surface area contributed by atoms with Crippen LogP contribution in [0.1, 0.15) is 0 Å². The van der Waals surface area contributed by atoms with Crippen LogP contribution in [0, 0.1) is 0 Å². The van der Waals surface area contributed by atoms with Gasteiger partial charge in [-0.3, -0.25) is 0 Å². The third kappa shape index (κ3) is 4.87. The number of halogens is 1. The molecule has 0 aliphatic heterocycles. The molecule has 0 rings (SSSR count). The minimum atomic E-state index is -1.31. The van der Waals surface area contributed by atoms with E-state index in [9.17, 15) is 9.90 Å². The number of alkyl halides is 1. The van der Waals surface area contributed by atoms with Gasteiger partial charge >= 0.3 is 29.6 Å². The number of carbonyl (C=O) groups excluding carboxylic acids is 1. The fraction of sp³-hybridized carbons (Fsp3) is 0.667. The summed E-state index contributed by atoms with van der Waals surface area (Å²) in [6, 6.07) is -1.03.